The molecule has 0 radical (unpaired) electrons. The number of hydrogen-bond acceptors (Lipinski definition) is 4. The molecule has 1 aliphatic rings. The van der Waals surface area contributed by atoms with Crippen LogP contribution in [0.2, 0.25) is 0 Å². The molecule has 0 spiro atoms. The number of imide groups is 1. The van der Waals surface area contributed by atoms with Crippen LogP contribution in [-0.2, 0) is 9.09 Å². The summed E-state index contributed by atoms with van der Waals surface area (Å²) in [6.07, 6.45) is 9.44. The van der Waals surface area contributed by atoms with Crippen LogP contribution in [0.1, 0.15) is 78.5 Å². The van der Waals surface area contributed by atoms with Gasteiger partial charge in [-0.25, -0.2) is 0 Å². The Morgan fingerprint density at radius 1 is 0.808 bits per heavy atom. The van der Waals surface area contributed by atoms with Crippen molar-refractivity contribution in [2.45, 2.75) is 57.8 Å². The molecule has 1 aliphatic heterocycles. The molecule has 0 aliphatic carbocycles. The Morgan fingerprint density at radius 3 is 1.77 bits per heavy atom. The summed E-state index contributed by atoms with van der Waals surface area (Å²) in [5.74, 6) is -0.331. The van der Waals surface area contributed by atoms with E-state index in [-0.39, 0.29) is 11.8 Å². The zero-order valence-corrected chi connectivity index (χ0v) is 16.1. The van der Waals surface area contributed by atoms with E-state index < -0.39 is 8.25 Å². The van der Waals surface area contributed by atoms with E-state index >= 15 is 0 Å². The SMILES string of the molecule is O=C1c2ccccc2C(=O)N1CCCCCCCCCCCO[PH](=O)O. The third-order valence-corrected chi connectivity index (χ3v) is 5.08. The Bertz CT molecular complexity index is 599. The molecule has 0 aromatic heterocycles. The first-order chi connectivity index (χ1) is 12.6. The fourth-order valence-electron chi connectivity index (χ4n) is 3.21. The first-order valence-corrected chi connectivity index (χ1v) is 10.7. The van der Waals surface area contributed by atoms with E-state index in [9.17, 15) is 14.2 Å². The molecule has 1 unspecified atom stereocenters. The summed E-state index contributed by atoms with van der Waals surface area (Å²) in [7, 11) is -2.77. The Labute approximate surface area is 155 Å². The minimum Gasteiger partial charge on any atom is -0.326 e. The van der Waals surface area contributed by atoms with Gasteiger partial charge in [0.25, 0.3) is 11.8 Å². The van der Waals surface area contributed by atoms with Crippen LogP contribution in [0.25, 0.3) is 0 Å². The van der Waals surface area contributed by atoms with E-state index in [1.807, 2.05) is 0 Å². The lowest BCUT2D eigenvalue weighted by Crippen LogP contribution is -2.30. The van der Waals surface area contributed by atoms with Gasteiger partial charge in [-0.15, -0.1) is 0 Å². The number of carbonyl (C=O) groups is 2. The molecule has 0 saturated heterocycles. The number of unbranched alkanes of at least 4 members (excludes halogenated alkanes) is 8. The van der Waals surface area contributed by atoms with E-state index in [4.69, 9.17) is 4.89 Å². The highest BCUT2D eigenvalue weighted by atomic mass is 31.1. The molecule has 2 amide bonds. The van der Waals surface area contributed by atoms with E-state index in [1.165, 1.54) is 11.3 Å². The van der Waals surface area contributed by atoms with Crippen LogP contribution in [-0.4, -0.2) is 34.8 Å². The fourth-order valence-corrected chi connectivity index (χ4v) is 3.53. The molecule has 1 aromatic carbocycles. The third kappa shape index (κ3) is 6.35. The standard InChI is InChI=1S/C19H28NO5P/c21-18-16-12-8-9-13-17(16)19(22)20(18)14-10-6-4-2-1-3-5-7-11-15-25-26(23)24/h8-9,12-13,26H,1-7,10-11,14-15H2,(H,23,24). The molecule has 0 saturated carbocycles. The minimum absolute atomic E-state index is 0.166. The summed E-state index contributed by atoms with van der Waals surface area (Å²) < 4.78 is 15.0. The van der Waals surface area contributed by atoms with Gasteiger partial charge in [-0.05, 0) is 25.0 Å². The second kappa shape index (κ2) is 11.3. The van der Waals surface area contributed by atoms with Gasteiger partial charge in [-0.1, -0.05) is 57.1 Å². The van der Waals surface area contributed by atoms with Gasteiger partial charge < -0.3 is 9.42 Å². The number of hydrogen-bond donors (Lipinski definition) is 1. The fraction of sp³-hybridized carbons (Fsp3) is 0.579. The van der Waals surface area contributed by atoms with Crippen molar-refractivity contribution in [3.63, 3.8) is 0 Å². The van der Waals surface area contributed by atoms with Crippen molar-refractivity contribution in [1.29, 1.82) is 0 Å². The average Bonchev–Trinajstić information content (AvgIpc) is 2.87. The number of rotatable bonds is 13. The molecule has 144 valence electrons. The summed E-state index contributed by atoms with van der Waals surface area (Å²) >= 11 is 0. The Balaban J connectivity index is 1.47. The molecule has 1 atom stereocenters. The Kier molecular flexibility index (Phi) is 9.02. The second-order valence-electron chi connectivity index (χ2n) is 6.60. The number of nitrogens with zero attached hydrogens (tertiary/aromatic N) is 1. The number of benzene rings is 1. The predicted octanol–water partition coefficient (Wildman–Crippen LogP) is 4.19. The molecule has 1 heterocycles. The monoisotopic (exact) mass is 381 g/mol. The quantitative estimate of drug-likeness (QED) is 0.315. The lowest BCUT2D eigenvalue weighted by molar-refractivity contribution is 0.0651. The molecule has 7 heteroatoms. The topological polar surface area (TPSA) is 83.9 Å². The number of carbonyl (C=O) groups excluding carboxylic acids is 2. The molecule has 0 bridgehead atoms. The van der Waals surface area contributed by atoms with E-state index in [2.05, 4.69) is 4.52 Å². The largest absolute Gasteiger partial charge is 0.326 e. The summed E-state index contributed by atoms with van der Waals surface area (Å²) in [5, 5.41) is 0. The first kappa shape index (κ1) is 20.8. The van der Waals surface area contributed by atoms with Gasteiger partial charge in [0.2, 0.25) is 0 Å². The van der Waals surface area contributed by atoms with Gasteiger partial charge in [-0.2, -0.15) is 0 Å². The van der Waals surface area contributed by atoms with Crippen LogP contribution in [0.15, 0.2) is 24.3 Å². The van der Waals surface area contributed by atoms with Gasteiger partial charge in [0, 0.05) is 6.54 Å². The molecule has 1 aromatic rings. The van der Waals surface area contributed by atoms with Crippen molar-refractivity contribution in [3.8, 4) is 0 Å². The zero-order chi connectivity index (χ0) is 18.8. The lowest BCUT2D eigenvalue weighted by atomic mass is 10.1. The van der Waals surface area contributed by atoms with Crippen LogP contribution in [0.3, 0.4) is 0 Å². The van der Waals surface area contributed by atoms with Crippen molar-refractivity contribution in [2.75, 3.05) is 13.2 Å². The van der Waals surface area contributed by atoms with Gasteiger partial charge in [0.05, 0.1) is 17.7 Å². The third-order valence-electron chi connectivity index (χ3n) is 4.63. The predicted molar refractivity (Wildman–Crippen MR) is 101 cm³/mol. The zero-order valence-electron chi connectivity index (χ0n) is 15.1. The van der Waals surface area contributed by atoms with Gasteiger partial charge in [-0.3, -0.25) is 19.1 Å². The van der Waals surface area contributed by atoms with Gasteiger partial charge in [0.15, 0.2) is 0 Å². The number of fused-ring (bicyclic) bond motifs is 1. The highest BCUT2D eigenvalue weighted by molar-refractivity contribution is 7.32. The summed E-state index contributed by atoms with van der Waals surface area (Å²) in [6.45, 7) is 0.868. The van der Waals surface area contributed by atoms with Gasteiger partial charge >= 0.3 is 8.25 Å². The maximum absolute atomic E-state index is 12.2. The molecular weight excluding hydrogens is 353 g/mol. The molecule has 26 heavy (non-hydrogen) atoms. The summed E-state index contributed by atoms with van der Waals surface area (Å²) in [6, 6.07) is 7.00. The van der Waals surface area contributed by atoms with Crippen molar-refractivity contribution in [2.24, 2.45) is 0 Å². The average molecular weight is 381 g/mol. The number of amides is 2. The second-order valence-corrected chi connectivity index (χ2v) is 7.42. The molecule has 6 nitrogen and oxygen atoms in total. The Morgan fingerprint density at radius 2 is 1.27 bits per heavy atom. The lowest BCUT2D eigenvalue weighted by Gasteiger charge is -2.13. The van der Waals surface area contributed by atoms with Gasteiger partial charge in [0.1, 0.15) is 0 Å². The Hall–Kier alpha value is -1.49. The summed E-state index contributed by atoms with van der Waals surface area (Å²) in [5.41, 5.74) is 1.05. The van der Waals surface area contributed by atoms with Crippen molar-refractivity contribution in [3.05, 3.63) is 35.4 Å². The van der Waals surface area contributed by atoms with E-state index in [0.717, 1.165) is 51.4 Å². The first-order valence-electron chi connectivity index (χ1n) is 9.42. The van der Waals surface area contributed by atoms with E-state index in [1.54, 1.807) is 24.3 Å². The normalized spacial score (nSPS) is 14.7. The molecule has 0 fully saturated rings. The van der Waals surface area contributed by atoms with Crippen molar-refractivity contribution < 1.29 is 23.6 Å². The highest BCUT2D eigenvalue weighted by Gasteiger charge is 2.34. The summed E-state index contributed by atoms with van der Waals surface area (Å²) in [4.78, 5) is 34.3. The van der Waals surface area contributed by atoms with Crippen LogP contribution in [0, 0.1) is 0 Å². The molecule has 2 rings (SSSR count). The van der Waals surface area contributed by atoms with Crippen LogP contribution in [0.4, 0.5) is 0 Å². The van der Waals surface area contributed by atoms with Crippen LogP contribution >= 0.6 is 8.25 Å². The van der Waals surface area contributed by atoms with Crippen molar-refractivity contribution in [1.82, 2.24) is 4.90 Å². The molecular formula is C19H28NO5P. The van der Waals surface area contributed by atoms with Crippen LogP contribution in [0.5, 0.6) is 0 Å². The maximum Gasteiger partial charge on any atom is 0.316 e. The van der Waals surface area contributed by atoms with Crippen LogP contribution < -0.4 is 0 Å². The maximum atomic E-state index is 12.2. The van der Waals surface area contributed by atoms with Crippen molar-refractivity contribution >= 4 is 20.1 Å². The van der Waals surface area contributed by atoms with E-state index in [0.29, 0.717) is 24.3 Å². The minimum atomic E-state index is -2.77. The molecule has 1 N–H and O–H groups in total. The smallest absolute Gasteiger partial charge is 0.316 e. The highest BCUT2D eigenvalue weighted by Crippen LogP contribution is 2.23.